The fourth-order valence-corrected chi connectivity index (χ4v) is 2.95. The molecule has 0 radical (unpaired) electrons. The first kappa shape index (κ1) is 11.1. The zero-order chi connectivity index (χ0) is 11.8. The van der Waals surface area contributed by atoms with E-state index in [9.17, 15) is 0 Å². The van der Waals surface area contributed by atoms with Crippen molar-refractivity contribution in [2.75, 3.05) is 30.8 Å². The van der Waals surface area contributed by atoms with E-state index < -0.39 is 0 Å². The van der Waals surface area contributed by atoms with Gasteiger partial charge in [-0.2, -0.15) is 4.37 Å². The lowest BCUT2D eigenvalue weighted by molar-refractivity contribution is 0.417. The predicted octanol–water partition coefficient (Wildman–Crippen LogP) is 2.36. The Balaban J connectivity index is 1.78. The first-order valence-corrected chi connectivity index (χ1v) is 7.09. The number of ether oxygens (including phenoxy) is 1. The van der Waals surface area contributed by atoms with Gasteiger partial charge in [-0.05, 0) is 49.1 Å². The highest BCUT2D eigenvalue weighted by atomic mass is 32.1. The zero-order valence-corrected chi connectivity index (χ0v) is 11.0. The number of nitrogen functional groups attached to an aromatic ring is 1. The molecule has 5 heteroatoms. The van der Waals surface area contributed by atoms with Crippen LogP contribution in [0.15, 0.2) is 0 Å². The lowest BCUT2D eigenvalue weighted by Crippen LogP contribution is -2.27. The average Bonchev–Trinajstić information content (AvgIpc) is 3.21. The number of nitrogens with zero attached hydrogens (tertiary/aromatic N) is 2. The van der Waals surface area contributed by atoms with Gasteiger partial charge in [0.2, 0.25) is 0 Å². The Hall–Kier alpha value is -0.970. The van der Waals surface area contributed by atoms with Crippen molar-refractivity contribution in [3.63, 3.8) is 0 Å². The number of rotatable bonds is 6. The second kappa shape index (κ2) is 4.37. The van der Waals surface area contributed by atoms with Crippen LogP contribution >= 0.6 is 11.5 Å². The van der Waals surface area contributed by atoms with E-state index in [-0.39, 0.29) is 0 Å². The van der Waals surface area contributed by atoms with Gasteiger partial charge in [-0.25, -0.2) is 0 Å². The molecule has 0 atom stereocenters. The molecule has 0 spiro atoms. The standard InChI is InChI=1S/C12H19N3OS/c1-16-10-11(13)14-17-12(10)15(6-8-2-3-8)7-9-4-5-9/h8-9H,2-7H2,1H3,(H2,13,14). The van der Waals surface area contributed by atoms with Gasteiger partial charge in [0, 0.05) is 13.1 Å². The summed E-state index contributed by atoms with van der Waals surface area (Å²) in [7, 11) is 1.68. The van der Waals surface area contributed by atoms with E-state index in [0.29, 0.717) is 5.82 Å². The fraction of sp³-hybridized carbons (Fsp3) is 0.750. The van der Waals surface area contributed by atoms with Crippen LogP contribution in [0.1, 0.15) is 25.7 Å². The van der Waals surface area contributed by atoms with Crippen molar-refractivity contribution in [2.24, 2.45) is 11.8 Å². The van der Waals surface area contributed by atoms with Crippen molar-refractivity contribution in [3.05, 3.63) is 0 Å². The fourth-order valence-electron chi connectivity index (χ4n) is 2.14. The van der Waals surface area contributed by atoms with E-state index in [1.54, 1.807) is 7.11 Å². The summed E-state index contributed by atoms with van der Waals surface area (Å²) in [6, 6.07) is 0. The lowest BCUT2D eigenvalue weighted by Gasteiger charge is -2.23. The van der Waals surface area contributed by atoms with Crippen molar-refractivity contribution < 1.29 is 4.74 Å². The van der Waals surface area contributed by atoms with Gasteiger partial charge in [0.1, 0.15) is 0 Å². The normalized spacial score (nSPS) is 19.4. The number of aromatic nitrogens is 1. The van der Waals surface area contributed by atoms with Crippen LogP contribution < -0.4 is 15.4 Å². The van der Waals surface area contributed by atoms with Gasteiger partial charge in [-0.15, -0.1) is 0 Å². The Bertz CT molecular complexity index is 384. The summed E-state index contributed by atoms with van der Waals surface area (Å²) >= 11 is 1.47. The van der Waals surface area contributed by atoms with E-state index in [0.717, 1.165) is 35.7 Å². The summed E-state index contributed by atoms with van der Waals surface area (Å²) in [6.45, 7) is 2.29. The highest BCUT2D eigenvalue weighted by Gasteiger charge is 2.31. The summed E-state index contributed by atoms with van der Waals surface area (Å²) in [5.74, 6) is 3.06. The monoisotopic (exact) mass is 253 g/mol. The van der Waals surface area contributed by atoms with Gasteiger partial charge >= 0.3 is 0 Å². The molecule has 0 amide bonds. The molecule has 17 heavy (non-hydrogen) atoms. The molecule has 2 saturated carbocycles. The SMILES string of the molecule is COc1c(N)nsc1N(CC1CC1)CC1CC1. The molecule has 2 aliphatic carbocycles. The third kappa shape index (κ3) is 2.49. The van der Waals surface area contributed by atoms with E-state index in [4.69, 9.17) is 10.5 Å². The Morgan fingerprint density at radius 1 is 1.29 bits per heavy atom. The Morgan fingerprint density at radius 3 is 2.35 bits per heavy atom. The van der Waals surface area contributed by atoms with E-state index in [1.807, 2.05) is 0 Å². The second-order valence-electron chi connectivity index (χ2n) is 5.20. The minimum atomic E-state index is 0.532. The zero-order valence-electron chi connectivity index (χ0n) is 10.2. The van der Waals surface area contributed by atoms with Gasteiger partial charge in [-0.1, -0.05) is 0 Å². The molecule has 3 rings (SSSR count). The molecule has 1 aromatic heterocycles. The molecule has 94 valence electrons. The maximum Gasteiger partial charge on any atom is 0.197 e. The predicted molar refractivity (Wildman–Crippen MR) is 70.7 cm³/mol. The average molecular weight is 253 g/mol. The quantitative estimate of drug-likeness (QED) is 0.845. The van der Waals surface area contributed by atoms with Gasteiger partial charge < -0.3 is 15.4 Å². The molecular formula is C12H19N3OS. The maximum absolute atomic E-state index is 5.83. The Labute approximate surface area is 106 Å². The van der Waals surface area contributed by atoms with Gasteiger partial charge in [0.15, 0.2) is 16.6 Å². The van der Waals surface area contributed by atoms with Crippen molar-refractivity contribution in [3.8, 4) is 5.75 Å². The summed E-state index contributed by atoms with van der Waals surface area (Å²) in [4.78, 5) is 2.45. The van der Waals surface area contributed by atoms with E-state index in [2.05, 4.69) is 9.27 Å². The molecule has 0 bridgehead atoms. The summed E-state index contributed by atoms with van der Waals surface area (Å²) in [5, 5.41) is 1.13. The van der Waals surface area contributed by atoms with Gasteiger partial charge in [0.25, 0.3) is 0 Å². The van der Waals surface area contributed by atoms with Crippen LogP contribution in [0.3, 0.4) is 0 Å². The number of methoxy groups -OCH3 is 1. The van der Waals surface area contributed by atoms with Crippen LogP contribution in [0.5, 0.6) is 5.75 Å². The van der Waals surface area contributed by atoms with E-state index in [1.165, 1.54) is 37.2 Å². The van der Waals surface area contributed by atoms with Crippen LogP contribution in [0.4, 0.5) is 10.8 Å². The molecular weight excluding hydrogens is 234 g/mol. The molecule has 2 N–H and O–H groups in total. The van der Waals surface area contributed by atoms with Crippen molar-refractivity contribution >= 4 is 22.4 Å². The van der Waals surface area contributed by atoms with Crippen molar-refractivity contribution in [2.45, 2.75) is 25.7 Å². The minimum Gasteiger partial charge on any atom is -0.490 e. The van der Waals surface area contributed by atoms with Crippen molar-refractivity contribution in [1.82, 2.24) is 4.37 Å². The molecule has 2 fully saturated rings. The van der Waals surface area contributed by atoms with Crippen LogP contribution in [-0.2, 0) is 0 Å². The molecule has 0 unspecified atom stereocenters. The molecule has 4 nitrogen and oxygen atoms in total. The molecule has 2 aliphatic rings. The summed E-state index contributed by atoms with van der Waals surface area (Å²) in [6.07, 6.45) is 5.49. The first-order valence-electron chi connectivity index (χ1n) is 6.32. The number of anilines is 2. The molecule has 0 saturated heterocycles. The van der Waals surface area contributed by atoms with E-state index >= 15 is 0 Å². The third-order valence-electron chi connectivity index (χ3n) is 3.50. The van der Waals surface area contributed by atoms with Gasteiger partial charge in [-0.3, -0.25) is 0 Å². The van der Waals surface area contributed by atoms with Crippen LogP contribution in [0.2, 0.25) is 0 Å². The smallest absolute Gasteiger partial charge is 0.197 e. The lowest BCUT2D eigenvalue weighted by atomic mass is 10.3. The van der Waals surface area contributed by atoms with Crippen LogP contribution in [-0.4, -0.2) is 24.6 Å². The number of hydrogen-bond donors (Lipinski definition) is 1. The third-order valence-corrected chi connectivity index (χ3v) is 4.40. The summed E-state index contributed by atoms with van der Waals surface area (Å²) in [5.41, 5.74) is 5.83. The van der Waals surface area contributed by atoms with Crippen molar-refractivity contribution in [1.29, 1.82) is 0 Å². The number of nitrogens with two attached hydrogens (primary N) is 1. The molecule has 0 aliphatic heterocycles. The minimum absolute atomic E-state index is 0.532. The Kier molecular flexibility index (Phi) is 2.86. The maximum atomic E-state index is 5.83. The Morgan fingerprint density at radius 2 is 1.88 bits per heavy atom. The summed E-state index contributed by atoms with van der Waals surface area (Å²) < 4.78 is 9.60. The topological polar surface area (TPSA) is 51.4 Å². The number of hydrogen-bond acceptors (Lipinski definition) is 5. The van der Waals surface area contributed by atoms with Gasteiger partial charge in [0.05, 0.1) is 7.11 Å². The first-order chi connectivity index (χ1) is 8.28. The highest BCUT2D eigenvalue weighted by Crippen LogP contribution is 2.42. The molecule has 0 aromatic carbocycles. The van der Waals surface area contributed by atoms with Crippen LogP contribution in [0.25, 0.3) is 0 Å². The highest BCUT2D eigenvalue weighted by molar-refractivity contribution is 7.11. The largest absolute Gasteiger partial charge is 0.490 e. The molecule has 1 aromatic rings. The second-order valence-corrected chi connectivity index (χ2v) is 5.95. The molecule has 1 heterocycles. The van der Waals surface area contributed by atoms with Crippen LogP contribution in [0, 0.1) is 11.8 Å².